The first-order chi connectivity index (χ1) is 68.1. The number of rotatable bonds is 48. The van der Waals surface area contributed by atoms with Gasteiger partial charge in [-0.1, -0.05) is 344 Å². The Labute approximate surface area is 822 Å². The number of benzene rings is 13. The molecular formula is C121H143N9O9. The second kappa shape index (κ2) is 51.5. The first-order valence-corrected chi connectivity index (χ1v) is 51.8. The Morgan fingerprint density at radius 1 is 0.216 bits per heavy atom. The van der Waals surface area contributed by atoms with Crippen molar-refractivity contribution in [2.24, 2.45) is 35.5 Å². The standard InChI is InChI=1S/C43H49N3O3.2C39H47N3O3/c1-5-9-15-29(7-3)27-48-32-22-24-37(40(47)25-32)41-44-42(46-43(45-41)49-28-30(8-4)16-10-6-2)39-26-38-33-18-12-11-17-31(33)21-23-36(38)34-19-13-14-20-35(34)39;1-5-9-15-27(7-3)25-44-31-21-22-34(35(43)24-31)37-40-38(42-39(41-37)45-26-28(8-4)16-10-6-2)36-32-19-13-11-17-29(32)23-30-18-12-14-20-33(30)36;1-5-9-13-27(7-3)25-44-34-19-20-35(36(43)24-34)38-40-37(41-39(42-38)45-26-28(8-4)14-10-6-2)32-18-17-31-21-29-15-11-12-16-30(29)22-33(31)23-32/h11-14,17-26,29-30,47H,5-10,15-16,27-28H2,1-4H3;11-14,17-24,27-28,43H,5-10,15-16,25-26H2,1-4H3;11-12,15-24,27-28,43H,5-10,13-14,25-26H2,1-4H3. The quantitative estimate of drug-likeness (QED) is 0.0238. The van der Waals surface area contributed by atoms with Crippen LogP contribution in [0.3, 0.4) is 0 Å². The lowest BCUT2D eigenvalue weighted by molar-refractivity contribution is 0.217. The van der Waals surface area contributed by atoms with Gasteiger partial charge in [-0.3, -0.25) is 0 Å². The molecule has 18 heteroatoms. The van der Waals surface area contributed by atoms with E-state index in [4.69, 9.17) is 68.3 Å². The van der Waals surface area contributed by atoms with Gasteiger partial charge >= 0.3 is 18.0 Å². The van der Waals surface area contributed by atoms with Crippen molar-refractivity contribution in [3.8, 4) is 121 Å². The van der Waals surface area contributed by atoms with Crippen LogP contribution in [0.4, 0.5) is 0 Å². The third-order valence-electron chi connectivity index (χ3n) is 27.5. The van der Waals surface area contributed by atoms with Gasteiger partial charge in [-0.05, 0) is 216 Å². The van der Waals surface area contributed by atoms with Gasteiger partial charge in [0.1, 0.15) is 34.5 Å². The summed E-state index contributed by atoms with van der Waals surface area (Å²) in [6.07, 6.45) is 27.1. The normalized spacial score (nSPS) is 12.8. The van der Waals surface area contributed by atoms with E-state index in [1.165, 1.54) is 71.9 Å². The summed E-state index contributed by atoms with van der Waals surface area (Å²) in [6, 6.07) is 78.2. The van der Waals surface area contributed by atoms with E-state index in [1.54, 1.807) is 18.2 Å². The van der Waals surface area contributed by atoms with E-state index in [2.05, 4.69) is 228 Å². The zero-order chi connectivity index (χ0) is 97.4. The summed E-state index contributed by atoms with van der Waals surface area (Å²) < 4.78 is 37.2. The van der Waals surface area contributed by atoms with Crippen molar-refractivity contribution in [1.82, 2.24) is 44.9 Å². The van der Waals surface area contributed by atoms with Crippen molar-refractivity contribution in [2.45, 2.75) is 237 Å². The molecule has 726 valence electrons. The lowest BCUT2D eigenvalue weighted by Gasteiger charge is -2.17. The maximum atomic E-state index is 11.3. The predicted octanol–water partition coefficient (Wildman–Crippen LogP) is 32.4. The molecule has 0 aliphatic rings. The Morgan fingerprint density at radius 2 is 0.511 bits per heavy atom. The van der Waals surface area contributed by atoms with Crippen LogP contribution in [-0.2, 0) is 0 Å². The van der Waals surface area contributed by atoms with Crippen LogP contribution >= 0.6 is 0 Å². The van der Waals surface area contributed by atoms with Crippen molar-refractivity contribution < 1.29 is 43.7 Å². The number of aromatic nitrogens is 9. The van der Waals surface area contributed by atoms with Gasteiger partial charge in [0.15, 0.2) is 34.9 Å². The molecule has 3 aromatic heterocycles. The van der Waals surface area contributed by atoms with Crippen molar-refractivity contribution in [3.05, 3.63) is 231 Å². The summed E-state index contributed by atoms with van der Waals surface area (Å²) in [7, 11) is 0. The van der Waals surface area contributed by atoms with Crippen LogP contribution in [0.25, 0.3) is 144 Å². The molecule has 6 unspecified atom stereocenters. The van der Waals surface area contributed by atoms with Crippen molar-refractivity contribution in [1.29, 1.82) is 0 Å². The summed E-state index contributed by atoms with van der Waals surface area (Å²) >= 11 is 0. The van der Waals surface area contributed by atoms with Gasteiger partial charge in [-0.15, -0.1) is 0 Å². The topological polar surface area (TPSA) is 232 Å². The van der Waals surface area contributed by atoms with Crippen LogP contribution in [0.5, 0.6) is 52.5 Å². The van der Waals surface area contributed by atoms with Gasteiger partial charge in [0, 0.05) is 34.9 Å². The van der Waals surface area contributed by atoms with Crippen LogP contribution in [0, 0.1) is 35.5 Å². The van der Waals surface area contributed by atoms with Crippen LogP contribution in [0.1, 0.15) is 237 Å². The fourth-order valence-electron chi connectivity index (χ4n) is 18.3. The molecule has 3 heterocycles. The van der Waals surface area contributed by atoms with E-state index in [0.717, 1.165) is 174 Å². The Morgan fingerprint density at radius 3 is 0.906 bits per heavy atom. The summed E-state index contributed by atoms with van der Waals surface area (Å²) in [4.78, 5) is 43.6. The molecule has 13 aromatic carbocycles. The Bertz CT molecular complexity index is 6630. The lowest BCUT2D eigenvalue weighted by atomic mass is 9.93. The van der Waals surface area contributed by atoms with E-state index in [9.17, 15) is 15.3 Å². The van der Waals surface area contributed by atoms with Crippen molar-refractivity contribution in [3.63, 3.8) is 0 Å². The highest BCUT2D eigenvalue weighted by Crippen LogP contribution is 2.44. The first kappa shape index (κ1) is 102. The molecule has 18 nitrogen and oxygen atoms in total. The van der Waals surface area contributed by atoms with E-state index >= 15 is 0 Å². The van der Waals surface area contributed by atoms with E-state index < -0.39 is 0 Å². The monoisotopic (exact) mass is 1870 g/mol. The second-order valence-corrected chi connectivity index (χ2v) is 37.5. The SMILES string of the molecule is CCCCC(CC)COc1ccc(-c2nc(OCC(CC)CCCC)nc(-c3c4ccccc4cc4ccccc34)n2)c(O)c1.CCCCC(CC)COc1ccc(-c2nc(OCC(CC)CCCC)nc(-c3cc4c5ccccc5ccc4c4ccccc34)n2)c(O)c1.CCCCC(CC)COc1ccc(-c2nc(OCC(CC)CCCC)nc(-c3ccc4cc5ccccc5cc4c3)n2)c(O)c1. The molecule has 139 heavy (non-hydrogen) atoms. The highest BCUT2D eigenvalue weighted by Gasteiger charge is 2.26. The second-order valence-electron chi connectivity index (χ2n) is 37.5. The zero-order valence-electron chi connectivity index (χ0n) is 83.9. The summed E-state index contributed by atoms with van der Waals surface area (Å²) in [6.45, 7) is 30.0. The van der Waals surface area contributed by atoms with Gasteiger partial charge in [-0.2, -0.15) is 29.9 Å². The van der Waals surface area contributed by atoms with Crippen molar-refractivity contribution in [2.75, 3.05) is 39.6 Å². The molecule has 16 rings (SSSR count). The van der Waals surface area contributed by atoms with Crippen LogP contribution in [0.2, 0.25) is 0 Å². The summed E-state index contributed by atoms with van der Waals surface area (Å²) in [5.74, 6) is 7.48. The zero-order valence-corrected chi connectivity index (χ0v) is 83.9. The molecule has 0 aliphatic carbocycles. The predicted molar refractivity (Wildman–Crippen MR) is 572 cm³/mol. The van der Waals surface area contributed by atoms with Crippen LogP contribution in [-0.4, -0.2) is 99.8 Å². The number of nitrogens with zero attached hydrogens (tertiary/aromatic N) is 9. The molecule has 0 spiro atoms. The number of hydrogen-bond donors (Lipinski definition) is 3. The number of ether oxygens (including phenoxy) is 6. The first-order valence-electron chi connectivity index (χ1n) is 51.8. The Hall–Kier alpha value is -13.1. The van der Waals surface area contributed by atoms with Gasteiger partial charge in [-0.25, -0.2) is 15.0 Å². The van der Waals surface area contributed by atoms with Crippen LogP contribution in [0.15, 0.2) is 231 Å². The minimum atomic E-state index is 0.0611. The minimum absolute atomic E-state index is 0.0611. The number of phenols is 3. The number of phenolic OH excluding ortho intramolecular Hbond substituents is 3. The molecule has 0 fully saturated rings. The Balaban J connectivity index is 0.000000166. The number of hydrogen-bond acceptors (Lipinski definition) is 18. The molecule has 0 radical (unpaired) electrons. The molecule has 0 saturated carbocycles. The lowest BCUT2D eigenvalue weighted by Crippen LogP contribution is -2.13. The van der Waals surface area contributed by atoms with Crippen LogP contribution < -0.4 is 28.4 Å². The molecule has 0 amide bonds. The minimum Gasteiger partial charge on any atom is -0.507 e. The van der Waals surface area contributed by atoms with Gasteiger partial charge in [0.05, 0.1) is 56.3 Å². The summed E-state index contributed by atoms with van der Waals surface area (Å²) in [5, 5.41) is 49.5. The third kappa shape index (κ3) is 26.9. The fourth-order valence-corrected chi connectivity index (χ4v) is 18.3. The van der Waals surface area contributed by atoms with E-state index in [-0.39, 0.29) is 35.3 Å². The molecule has 16 aromatic rings. The van der Waals surface area contributed by atoms with E-state index in [0.29, 0.717) is 144 Å². The maximum absolute atomic E-state index is 11.3. The Kier molecular flexibility index (Phi) is 37.7. The van der Waals surface area contributed by atoms with Crippen molar-refractivity contribution >= 4 is 75.4 Å². The average molecular weight is 1870 g/mol. The molecule has 0 aliphatic heterocycles. The van der Waals surface area contributed by atoms with Gasteiger partial charge < -0.3 is 43.7 Å². The van der Waals surface area contributed by atoms with Gasteiger partial charge in [0.25, 0.3) is 0 Å². The number of aromatic hydroxyl groups is 3. The third-order valence-corrected chi connectivity index (χ3v) is 27.5. The largest absolute Gasteiger partial charge is 0.507 e. The summed E-state index contributed by atoms with van der Waals surface area (Å²) in [5.41, 5.74) is 4.21. The number of fused-ring (bicyclic) bond motifs is 9. The number of unbranched alkanes of at least 4 members (excludes halogenated alkanes) is 6. The highest BCUT2D eigenvalue weighted by molar-refractivity contribution is 6.21. The highest BCUT2D eigenvalue weighted by atomic mass is 16.5. The average Bonchev–Trinajstić information content (AvgIpc) is 0.745. The molecule has 3 N–H and O–H groups in total. The molecular weight excluding hydrogens is 1720 g/mol. The van der Waals surface area contributed by atoms with Gasteiger partial charge in [0.2, 0.25) is 0 Å². The molecule has 0 saturated heterocycles. The molecule has 6 atom stereocenters. The molecule has 0 bridgehead atoms. The maximum Gasteiger partial charge on any atom is 0.320 e. The van der Waals surface area contributed by atoms with E-state index in [1.807, 2.05) is 72.8 Å². The fraction of sp³-hybridized carbons (Fsp3) is 0.397. The smallest absolute Gasteiger partial charge is 0.320 e.